The molecule has 2 N–H and O–H groups in total. The van der Waals surface area contributed by atoms with Crippen LogP contribution in [-0.4, -0.2) is 22.8 Å². The van der Waals surface area contributed by atoms with Gasteiger partial charge in [0, 0.05) is 24.5 Å². The van der Waals surface area contributed by atoms with Gasteiger partial charge in [0.1, 0.15) is 6.04 Å². The number of hydrogen-bond donors (Lipinski definition) is 2. The highest BCUT2D eigenvalue weighted by molar-refractivity contribution is 5.97. The molecule has 174 valence electrons. The van der Waals surface area contributed by atoms with Gasteiger partial charge in [0.2, 0.25) is 5.91 Å². The molecule has 6 rings (SSSR count). The molecule has 2 amide bonds. The van der Waals surface area contributed by atoms with E-state index < -0.39 is 6.04 Å². The molecule has 1 heterocycles. The lowest BCUT2D eigenvalue weighted by Crippen LogP contribution is -2.49. The minimum atomic E-state index is -0.586. The molecular formula is C28H35N3O2. The Hall–Kier alpha value is -2.69. The molecule has 33 heavy (non-hydrogen) atoms. The summed E-state index contributed by atoms with van der Waals surface area (Å²) in [5.41, 5.74) is 3.29. The number of aromatic nitrogens is 1. The Morgan fingerprint density at radius 2 is 1.64 bits per heavy atom. The number of hydrogen-bond acceptors (Lipinski definition) is 3. The third-order valence-electron chi connectivity index (χ3n) is 8.22. The van der Waals surface area contributed by atoms with Crippen molar-refractivity contribution in [3.63, 3.8) is 0 Å². The number of carbonyl (C=O) groups is 2. The SMILES string of the molecule is CC(C)C(NC(=O)c1ccc(C23CC4CC(CC(C4)C2)C3)cc1)C(=O)NCc1cccnc1. The molecule has 4 bridgehead atoms. The van der Waals surface area contributed by atoms with Gasteiger partial charge in [-0.3, -0.25) is 14.6 Å². The van der Waals surface area contributed by atoms with Gasteiger partial charge in [-0.25, -0.2) is 0 Å². The van der Waals surface area contributed by atoms with Crippen LogP contribution in [-0.2, 0) is 16.8 Å². The van der Waals surface area contributed by atoms with Crippen LogP contribution in [0.1, 0.15) is 73.9 Å². The first-order valence-corrected chi connectivity index (χ1v) is 12.5. The van der Waals surface area contributed by atoms with E-state index in [0.29, 0.717) is 17.5 Å². The van der Waals surface area contributed by atoms with E-state index in [2.05, 4.69) is 27.8 Å². The number of amides is 2. The Morgan fingerprint density at radius 3 is 2.18 bits per heavy atom. The Bertz CT molecular complexity index is 964. The van der Waals surface area contributed by atoms with E-state index in [1.165, 1.54) is 44.1 Å². The fraction of sp³-hybridized carbons (Fsp3) is 0.536. The van der Waals surface area contributed by atoms with Crippen molar-refractivity contribution in [3.8, 4) is 0 Å². The van der Waals surface area contributed by atoms with E-state index in [1.54, 1.807) is 12.4 Å². The zero-order chi connectivity index (χ0) is 23.0. The molecule has 0 saturated heterocycles. The van der Waals surface area contributed by atoms with Crippen LogP contribution in [0.5, 0.6) is 0 Å². The monoisotopic (exact) mass is 445 g/mol. The van der Waals surface area contributed by atoms with Crippen molar-refractivity contribution in [2.45, 2.75) is 70.4 Å². The van der Waals surface area contributed by atoms with Crippen LogP contribution in [0.3, 0.4) is 0 Å². The largest absolute Gasteiger partial charge is 0.350 e. The van der Waals surface area contributed by atoms with Gasteiger partial charge in [0.25, 0.3) is 5.91 Å². The summed E-state index contributed by atoms with van der Waals surface area (Å²) >= 11 is 0. The molecule has 1 aromatic heterocycles. The first-order valence-electron chi connectivity index (χ1n) is 12.5. The van der Waals surface area contributed by atoms with Crippen LogP contribution >= 0.6 is 0 Å². The van der Waals surface area contributed by atoms with Crippen molar-refractivity contribution < 1.29 is 9.59 Å². The fourth-order valence-corrected chi connectivity index (χ4v) is 7.00. The third kappa shape index (κ3) is 4.55. The van der Waals surface area contributed by atoms with E-state index in [-0.39, 0.29) is 17.7 Å². The predicted molar refractivity (Wildman–Crippen MR) is 128 cm³/mol. The molecule has 5 nitrogen and oxygen atoms in total. The molecule has 0 radical (unpaired) electrons. The number of benzene rings is 1. The number of nitrogens with one attached hydrogen (secondary N) is 2. The molecule has 1 aromatic carbocycles. The van der Waals surface area contributed by atoms with Crippen LogP contribution in [0.15, 0.2) is 48.8 Å². The minimum absolute atomic E-state index is 0.0193. The van der Waals surface area contributed by atoms with E-state index >= 15 is 0 Å². The molecule has 4 aliphatic carbocycles. The van der Waals surface area contributed by atoms with Crippen LogP contribution in [0, 0.1) is 23.7 Å². The maximum absolute atomic E-state index is 13.0. The molecule has 0 spiro atoms. The van der Waals surface area contributed by atoms with E-state index in [0.717, 1.165) is 23.3 Å². The second-order valence-corrected chi connectivity index (χ2v) is 11.0. The average molecular weight is 446 g/mol. The van der Waals surface area contributed by atoms with Crippen molar-refractivity contribution in [1.29, 1.82) is 0 Å². The smallest absolute Gasteiger partial charge is 0.251 e. The molecule has 1 atom stereocenters. The zero-order valence-corrected chi connectivity index (χ0v) is 19.7. The number of rotatable bonds is 7. The quantitative estimate of drug-likeness (QED) is 0.653. The van der Waals surface area contributed by atoms with Gasteiger partial charge in [-0.05, 0) is 96.9 Å². The Labute approximate surface area is 196 Å². The highest BCUT2D eigenvalue weighted by atomic mass is 16.2. The van der Waals surface area contributed by atoms with Crippen LogP contribution in [0.2, 0.25) is 0 Å². The topological polar surface area (TPSA) is 71.1 Å². The van der Waals surface area contributed by atoms with Gasteiger partial charge in [-0.15, -0.1) is 0 Å². The summed E-state index contributed by atoms with van der Waals surface area (Å²) in [7, 11) is 0. The molecule has 1 unspecified atom stereocenters. The van der Waals surface area contributed by atoms with Crippen molar-refractivity contribution in [2.75, 3.05) is 0 Å². The van der Waals surface area contributed by atoms with Gasteiger partial charge < -0.3 is 10.6 Å². The lowest BCUT2D eigenvalue weighted by atomic mass is 9.48. The zero-order valence-electron chi connectivity index (χ0n) is 19.7. The van der Waals surface area contributed by atoms with E-state index in [4.69, 9.17) is 0 Å². The molecule has 4 aliphatic rings. The summed E-state index contributed by atoms with van der Waals surface area (Å²) in [6, 6.07) is 11.4. The van der Waals surface area contributed by atoms with Crippen molar-refractivity contribution in [2.24, 2.45) is 23.7 Å². The first-order chi connectivity index (χ1) is 15.9. The maximum Gasteiger partial charge on any atom is 0.251 e. The van der Waals surface area contributed by atoms with Gasteiger partial charge >= 0.3 is 0 Å². The summed E-state index contributed by atoms with van der Waals surface area (Å²) in [5.74, 6) is 2.31. The molecule has 4 fully saturated rings. The van der Waals surface area contributed by atoms with Gasteiger partial charge in [-0.2, -0.15) is 0 Å². The normalized spacial score (nSPS) is 28.5. The lowest BCUT2D eigenvalue weighted by molar-refractivity contribution is -0.124. The van der Waals surface area contributed by atoms with Crippen LogP contribution in [0.25, 0.3) is 0 Å². The summed E-state index contributed by atoms with van der Waals surface area (Å²) in [6.45, 7) is 4.29. The molecule has 5 heteroatoms. The summed E-state index contributed by atoms with van der Waals surface area (Å²) < 4.78 is 0. The Balaban J connectivity index is 1.23. The van der Waals surface area contributed by atoms with Gasteiger partial charge in [0.05, 0.1) is 0 Å². The second kappa shape index (κ2) is 8.92. The third-order valence-corrected chi connectivity index (χ3v) is 8.22. The molecular weight excluding hydrogens is 410 g/mol. The summed E-state index contributed by atoms with van der Waals surface area (Å²) in [5, 5.41) is 5.88. The second-order valence-electron chi connectivity index (χ2n) is 11.0. The number of nitrogens with zero attached hydrogens (tertiary/aromatic N) is 1. The minimum Gasteiger partial charge on any atom is -0.350 e. The molecule has 2 aromatic rings. The summed E-state index contributed by atoms with van der Waals surface area (Å²) in [4.78, 5) is 29.9. The first kappa shape index (κ1) is 22.1. The van der Waals surface area contributed by atoms with Crippen molar-refractivity contribution >= 4 is 11.8 Å². The highest BCUT2D eigenvalue weighted by Gasteiger charge is 2.51. The van der Waals surface area contributed by atoms with Crippen molar-refractivity contribution in [1.82, 2.24) is 15.6 Å². The molecule has 4 saturated carbocycles. The fourth-order valence-electron chi connectivity index (χ4n) is 7.00. The Kier molecular flexibility index (Phi) is 5.98. The maximum atomic E-state index is 13.0. The van der Waals surface area contributed by atoms with Crippen molar-refractivity contribution in [3.05, 3.63) is 65.5 Å². The number of pyridine rings is 1. The lowest BCUT2D eigenvalue weighted by Gasteiger charge is -2.57. The van der Waals surface area contributed by atoms with Gasteiger partial charge in [0.15, 0.2) is 0 Å². The predicted octanol–water partition coefficient (Wildman–Crippen LogP) is 4.62. The Morgan fingerprint density at radius 1 is 1.00 bits per heavy atom. The van der Waals surface area contributed by atoms with Gasteiger partial charge in [-0.1, -0.05) is 32.0 Å². The van der Waals surface area contributed by atoms with E-state index in [1.807, 2.05) is 38.1 Å². The highest BCUT2D eigenvalue weighted by Crippen LogP contribution is 2.60. The summed E-state index contributed by atoms with van der Waals surface area (Å²) in [6.07, 6.45) is 11.7. The standard InChI is InChI=1S/C28H35N3O2/c1-18(2)25(27(33)30-17-19-4-3-9-29-16-19)31-26(32)23-5-7-24(8-6-23)28-13-20-10-21(14-28)12-22(11-20)15-28/h3-9,16,18,20-22,25H,10-15,17H2,1-2H3,(H,30,33)(H,31,32). The van der Waals surface area contributed by atoms with Crippen LogP contribution in [0.4, 0.5) is 0 Å². The molecule has 0 aliphatic heterocycles. The van der Waals surface area contributed by atoms with E-state index in [9.17, 15) is 9.59 Å². The van der Waals surface area contributed by atoms with Crippen LogP contribution < -0.4 is 10.6 Å². The average Bonchev–Trinajstić information content (AvgIpc) is 2.80. The number of carbonyl (C=O) groups excluding carboxylic acids is 2.